The van der Waals surface area contributed by atoms with Gasteiger partial charge in [0.2, 0.25) is 5.91 Å². The van der Waals surface area contributed by atoms with Crippen molar-refractivity contribution in [1.82, 2.24) is 20.5 Å². The largest absolute Gasteiger partial charge is 0.350 e. The molecule has 0 fully saturated rings. The van der Waals surface area contributed by atoms with E-state index in [2.05, 4.69) is 20.5 Å². The van der Waals surface area contributed by atoms with Crippen molar-refractivity contribution in [3.05, 3.63) is 58.4 Å². The highest BCUT2D eigenvalue weighted by atomic mass is 32.1. The summed E-state index contributed by atoms with van der Waals surface area (Å²) in [6.07, 6.45) is 0. The molecule has 0 saturated carbocycles. The lowest BCUT2D eigenvalue weighted by Gasteiger charge is -2.12. The van der Waals surface area contributed by atoms with Crippen molar-refractivity contribution < 1.29 is 4.79 Å². The molecule has 2 N–H and O–H groups in total. The van der Waals surface area contributed by atoms with Gasteiger partial charge in [0.1, 0.15) is 5.01 Å². The maximum absolute atomic E-state index is 12.4. The number of amides is 1. The van der Waals surface area contributed by atoms with Gasteiger partial charge in [0.15, 0.2) is 0 Å². The summed E-state index contributed by atoms with van der Waals surface area (Å²) in [6.45, 7) is 6.18. The van der Waals surface area contributed by atoms with Crippen LogP contribution < -0.4 is 5.32 Å². The van der Waals surface area contributed by atoms with E-state index in [9.17, 15) is 4.79 Å². The number of aryl methyl sites for hydroxylation is 2. The number of carbonyl (C=O) groups excluding carboxylic acids is 1. The third-order valence-electron chi connectivity index (χ3n) is 4.03. The van der Waals surface area contributed by atoms with Gasteiger partial charge in [0.05, 0.1) is 23.9 Å². The van der Waals surface area contributed by atoms with Gasteiger partial charge in [-0.05, 0) is 20.8 Å². The van der Waals surface area contributed by atoms with Crippen molar-refractivity contribution in [3.63, 3.8) is 0 Å². The average molecular weight is 340 g/mol. The highest BCUT2D eigenvalue weighted by Gasteiger charge is 2.21. The number of H-pyrrole nitrogens is 1. The molecule has 2 aromatic heterocycles. The standard InChI is InChI=1S/C18H20N4OS/c1-11(16-12(2)21-22-13(16)3)17(23)19-9-15-10-24-18(20-15)14-7-5-4-6-8-14/h4-8,10-11H,9H2,1-3H3,(H,19,23)(H,21,22)/t11-/m0/s1. The van der Waals surface area contributed by atoms with Crippen molar-refractivity contribution in [3.8, 4) is 10.6 Å². The van der Waals surface area contributed by atoms with Gasteiger partial charge in [0, 0.05) is 22.2 Å². The number of hydrogen-bond donors (Lipinski definition) is 2. The van der Waals surface area contributed by atoms with E-state index in [1.54, 1.807) is 11.3 Å². The Balaban J connectivity index is 1.64. The predicted octanol–water partition coefficient (Wildman–Crippen LogP) is 3.57. The van der Waals surface area contributed by atoms with E-state index < -0.39 is 0 Å². The molecule has 124 valence electrons. The minimum Gasteiger partial charge on any atom is -0.350 e. The number of aromatic nitrogens is 3. The molecule has 1 atom stereocenters. The molecule has 3 rings (SSSR count). The Morgan fingerprint density at radius 2 is 2.04 bits per heavy atom. The SMILES string of the molecule is Cc1n[nH]c(C)c1[C@H](C)C(=O)NCc1csc(-c2ccccc2)n1. The minimum atomic E-state index is -0.240. The summed E-state index contributed by atoms with van der Waals surface area (Å²) in [5.41, 5.74) is 4.75. The molecule has 0 aliphatic carbocycles. The molecule has 0 saturated heterocycles. The van der Waals surface area contributed by atoms with Crippen LogP contribution in [0.25, 0.3) is 10.6 Å². The van der Waals surface area contributed by atoms with Gasteiger partial charge in [0.25, 0.3) is 0 Å². The second-order valence-corrected chi connectivity index (χ2v) is 6.66. The summed E-state index contributed by atoms with van der Waals surface area (Å²) in [4.78, 5) is 17.0. The van der Waals surface area contributed by atoms with Gasteiger partial charge in [-0.3, -0.25) is 9.89 Å². The fourth-order valence-electron chi connectivity index (χ4n) is 2.76. The van der Waals surface area contributed by atoms with Crippen LogP contribution in [-0.4, -0.2) is 21.1 Å². The molecule has 6 heteroatoms. The zero-order valence-electron chi connectivity index (χ0n) is 14.0. The normalized spacial score (nSPS) is 12.1. The number of nitrogens with one attached hydrogen (secondary N) is 2. The summed E-state index contributed by atoms with van der Waals surface area (Å²) in [5, 5.41) is 13.0. The topological polar surface area (TPSA) is 70.7 Å². The maximum atomic E-state index is 12.4. The summed E-state index contributed by atoms with van der Waals surface area (Å²) in [5.74, 6) is -0.257. The van der Waals surface area contributed by atoms with E-state index in [4.69, 9.17) is 0 Å². The van der Waals surface area contributed by atoms with Crippen molar-refractivity contribution in [1.29, 1.82) is 0 Å². The lowest BCUT2D eigenvalue weighted by atomic mass is 9.98. The number of rotatable bonds is 5. The lowest BCUT2D eigenvalue weighted by molar-refractivity contribution is -0.122. The van der Waals surface area contributed by atoms with Crippen LogP contribution in [0.1, 0.15) is 35.5 Å². The molecule has 0 bridgehead atoms. The molecule has 0 aliphatic rings. The van der Waals surface area contributed by atoms with E-state index in [1.165, 1.54) is 0 Å². The molecule has 0 radical (unpaired) electrons. The van der Waals surface area contributed by atoms with E-state index in [0.29, 0.717) is 6.54 Å². The number of nitrogens with zero attached hydrogens (tertiary/aromatic N) is 2. The molecule has 0 unspecified atom stereocenters. The first-order valence-corrected chi connectivity index (χ1v) is 8.73. The molecular formula is C18H20N4OS. The Kier molecular flexibility index (Phi) is 4.76. The number of thiazole rings is 1. The minimum absolute atomic E-state index is 0.0168. The highest BCUT2D eigenvalue weighted by Crippen LogP contribution is 2.24. The second-order valence-electron chi connectivity index (χ2n) is 5.80. The Hall–Kier alpha value is -2.47. The van der Waals surface area contributed by atoms with Crippen molar-refractivity contribution >= 4 is 17.2 Å². The van der Waals surface area contributed by atoms with Crippen LogP contribution in [0.3, 0.4) is 0 Å². The van der Waals surface area contributed by atoms with Crippen LogP contribution >= 0.6 is 11.3 Å². The highest BCUT2D eigenvalue weighted by molar-refractivity contribution is 7.13. The van der Waals surface area contributed by atoms with E-state index in [-0.39, 0.29) is 11.8 Å². The van der Waals surface area contributed by atoms with Crippen molar-refractivity contribution in [2.24, 2.45) is 0 Å². The number of benzene rings is 1. The summed E-state index contributed by atoms with van der Waals surface area (Å²) in [7, 11) is 0. The lowest BCUT2D eigenvalue weighted by Crippen LogP contribution is -2.28. The average Bonchev–Trinajstić information content (AvgIpc) is 3.20. The number of hydrogen-bond acceptors (Lipinski definition) is 4. The van der Waals surface area contributed by atoms with E-state index in [0.717, 1.165) is 33.2 Å². The maximum Gasteiger partial charge on any atom is 0.227 e. The van der Waals surface area contributed by atoms with E-state index in [1.807, 2.05) is 56.5 Å². The predicted molar refractivity (Wildman–Crippen MR) is 95.9 cm³/mol. The van der Waals surface area contributed by atoms with Crippen molar-refractivity contribution in [2.75, 3.05) is 0 Å². The van der Waals surface area contributed by atoms with Gasteiger partial charge >= 0.3 is 0 Å². The summed E-state index contributed by atoms with van der Waals surface area (Å²) < 4.78 is 0. The third kappa shape index (κ3) is 3.38. The molecule has 1 aromatic carbocycles. The van der Waals surface area contributed by atoms with Gasteiger partial charge in [-0.15, -0.1) is 11.3 Å². The molecule has 2 heterocycles. The summed E-state index contributed by atoms with van der Waals surface area (Å²) >= 11 is 1.59. The molecular weight excluding hydrogens is 320 g/mol. The zero-order chi connectivity index (χ0) is 17.1. The fraction of sp³-hybridized carbons (Fsp3) is 0.278. The summed E-state index contributed by atoms with van der Waals surface area (Å²) in [6, 6.07) is 10.0. The number of aromatic amines is 1. The van der Waals surface area contributed by atoms with E-state index >= 15 is 0 Å². The Bertz CT molecular complexity index is 818. The monoisotopic (exact) mass is 340 g/mol. The smallest absolute Gasteiger partial charge is 0.227 e. The molecule has 1 amide bonds. The Morgan fingerprint density at radius 1 is 1.29 bits per heavy atom. The molecule has 0 aliphatic heterocycles. The fourth-order valence-corrected chi connectivity index (χ4v) is 3.59. The number of carbonyl (C=O) groups is 1. The first kappa shape index (κ1) is 16.4. The Morgan fingerprint density at radius 3 is 2.71 bits per heavy atom. The Labute approximate surface area is 145 Å². The van der Waals surface area contributed by atoms with Crippen LogP contribution in [0.15, 0.2) is 35.7 Å². The molecule has 0 spiro atoms. The van der Waals surface area contributed by atoms with Crippen LogP contribution in [0.4, 0.5) is 0 Å². The first-order valence-electron chi connectivity index (χ1n) is 7.85. The van der Waals surface area contributed by atoms with Gasteiger partial charge in [-0.1, -0.05) is 30.3 Å². The second kappa shape index (κ2) is 6.97. The first-order chi connectivity index (χ1) is 11.6. The van der Waals surface area contributed by atoms with Gasteiger partial charge < -0.3 is 5.32 Å². The third-order valence-corrected chi connectivity index (χ3v) is 4.97. The zero-order valence-corrected chi connectivity index (χ0v) is 14.8. The van der Waals surface area contributed by atoms with Crippen molar-refractivity contribution in [2.45, 2.75) is 33.2 Å². The van der Waals surface area contributed by atoms with Crippen LogP contribution in [0.5, 0.6) is 0 Å². The molecule has 5 nitrogen and oxygen atoms in total. The van der Waals surface area contributed by atoms with Crippen LogP contribution in [0, 0.1) is 13.8 Å². The van der Waals surface area contributed by atoms with Crippen LogP contribution in [0.2, 0.25) is 0 Å². The quantitative estimate of drug-likeness (QED) is 0.746. The van der Waals surface area contributed by atoms with Gasteiger partial charge in [-0.2, -0.15) is 5.10 Å². The molecule has 3 aromatic rings. The van der Waals surface area contributed by atoms with Crippen LogP contribution in [-0.2, 0) is 11.3 Å². The molecule has 24 heavy (non-hydrogen) atoms. The van der Waals surface area contributed by atoms with Gasteiger partial charge in [-0.25, -0.2) is 4.98 Å².